The van der Waals surface area contributed by atoms with Crippen molar-refractivity contribution in [3.8, 4) is 17.0 Å². The number of rotatable bonds is 2. The molecule has 2 N–H and O–H groups in total. The highest BCUT2D eigenvalue weighted by molar-refractivity contribution is 9.10. The van der Waals surface area contributed by atoms with Gasteiger partial charge in [0.15, 0.2) is 0 Å². The second kappa shape index (κ2) is 4.59. The van der Waals surface area contributed by atoms with Crippen LogP contribution in [0.3, 0.4) is 0 Å². The average molecular weight is 319 g/mol. The fourth-order valence-corrected chi connectivity index (χ4v) is 2.50. The maximum absolute atomic E-state index is 5.60. The molecule has 19 heavy (non-hydrogen) atoms. The minimum atomic E-state index is 0.283. The molecule has 0 spiro atoms. The molecule has 0 unspecified atom stereocenters. The van der Waals surface area contributed by atoms with Gasteiger partial charge in [-0.25, -0.2) is 0 Å². The lowest BCUT2D eigenvalue weighted by Gasteiger charge is -2.10. The van der Waals surface area contributed by atoms with Crippen LogP contribution in [0.5, 0.6) is 5.75 Å². The molecule has 0 aliphatic rings. The van der Waals surface area contributed by atoms with Crippen molar-refractivity contribution < 1.29 is 9.26 Å². The fraction of sp³-hybridized carbons (Fsp3) is 0.0714. The molecular weight excluding hydrogens is 308 g/mol. The van der Waals surface area contributed by atoms with Crippen LogP contribution >= 0.6 is 15.9 Å². The molecular formula is C14H11BrN2O2. The van der Waals surface area contributed by atoms with E-state index in [1.807, 2.05) is 30.3 Å². The van der Waals surface area contributed by atoms with Crippen LogP contribution < -0.4 is 10.5 Å². The van der Waals surface area contributed by atoms with Crippen LogP contribution in [-0.4, -0.2) is 12.3 Å². The minimum Gasteiger partial charge on any atom is -0.496 e. The molecule has 1 heterocycles. The van der Waals surface area contributed by atoms with Crippen LogP contribution in [0.25, 0.3) is 22.0 Å². The molecule has 0 aliphatic carbocycles. The number of anilines is 1. The number of nitrogens with two attached hydrogens (primary N) is 1. The Kier molecular flexibility index (Phi) is 2.91. The van der Waals surface area contributed by atoms with Crippen molar-refractivity contribution >= 4 is 32.6 Å². The Bertz CT molecular complexity index is 752. The van der Waals surface area contributed by atoms with E-state index < -0.39 is 0 Å². The maximum Gasteiger partial charge on any atom is 0.222 e. The Hall–Kier alpha value is -2.01. The van der Waals surface area contributed by atoms with Gasteiger partial charge >= 0.3 is 0 Å². The van der Waals surface area contributed by atoms with E-state index in [0.717, 1.165) is 26.6 Å². The molecule has 96 valence electrons. The number of hydrogen-bond donors (Lipinski definition) is 1. The molecule has 0 aliphatic heterocycles. The summed E-state index contributed by atoms with van der Waals surface area (Å²) in [6.45, 7) is 0. The van der Waals surface area contributed by atoms with Gasteiger partial charge in [-0.15, -0.1) is 0 Å². The molecule has 0 bridgehead atoms. The number of nitrogen functional groups attached to an aromatic ring is 1. The first-order valence-electron chi connectivity index (χ1n) is 5.68. The summed E-state index contributed by atoms with van der Waals surface area (Å²) >= 11 is 3.47. The van der Waals surface area contributed by atoms with Crippen LogP contribution in [-0.2, 0) is 0 Å². The molecule has 0 amide bonds. The highest BCUT2D eigenvalue weighted by atomic mass is 79.9. The maximum atomic E-state index is 5.60. The van der Waals surface area contributed by atoms with Crippen molar-refractivity contribution in [2.75, 3.05) is 12.8 Å². The minimum absolute atomic E-state index is 0.283. The van der Waals surface area contributed by atoms with Gasteiger partial charge in [0.05, 0.1) is 12.7 Å². The lowest BCUT2D eigenvalue weighted by molar-refractivity contribution is 0.414. The lowest BCUT2D eigenvalue weighted by Crippen LogP contribution is -1.90. The third-order valence-electron chi connectivity index (χ3n) is 2.95. The van der Waals surface area contributed by atoms with Crippen LogP contribution in [0, 0.1) is 0 Å². The summed E-state index contributed by atoms with van der Waals surface area (Å²) < 4.78 is 11.4. The number of hydrogen-bond acceptors (Lipinski definition) is 4. The molecule has 3 rings (SSSR count). The lowest BCUT2D eigenvalue weighted by atomic mass is 10.0. The summed E-state index contributed by atoms with van der Waals surface area (Å²) in [5.74, 6) is 1.02. The standard InChI is InChI=1S/C14H11BrN2O2/c1-18-12-5-2-8-6-9(15)3-4-10(8)14(12)11-7-13(16)19-17-11/h2-7H,16H2,1H3. The summed E-state index contributed by atoms with van der Waals surface area (Å²) in [7, 11) is 1.63. The molecule has 3 aromatic rings. The molecule has 5 heteroatoms. The predicted octanol–water partition coefficient (Wildman–Crippen LogP) is 3.85. The third kappa shape index (κ3) is 2.06. The Morgan fingerprint density at radius 2 is 2.05 bits per heavy atom. The van der Waals surface area contributed by atoms with E-state index in [-0.39, 0.29) is 5.88 Å². The van der Waals surface area contributed by atoms with Gasteiger partial charge in [0, 0.05) is 10.5 Å². The van der Waals surface area contributed by atoms with E-state index in [4.69, 9.17) is 15.0 Å². The van der Waals surface area contributed by atoms with Gasteiger partial charge in [0.25, 0.3) is 0 Å². The number of benzene rings is 2. The second-order valence-corrected chi connectivity index (χ2v) is 5.04. The quantitative estimate of drug-likeness (QED) is 0.779. The predicted molar refractivity (Wildman–Crippen MR) is 78.1 cm³/mol. The SMILES string of the molecule is COc1ccc2cc(Br)ccc2c1-c1cc(N)on1. The average Bonchev–Trinajstić information content (AvgIpc) is 2.83. The first-order valence-corrected chi connectivity index (χ1v) is 6.47. The third-order valence-corrected chi connectivity index (χ3v) is 3.44. The van der Waals surface area contributed by atoms with E-state index in [9.17, 15) is 0 Å². The molecule has 0 saturated heterocycles. The smallest absolute Gasteiger partial charge is 0.222 e. The van der Waals surface area contributed by atoms with Crippen LogP contribution in [0.15, 0.2) is 45.4 Å². The van der Waals surface area contributed by atoms with Crippen molar-refractivity contribution in [3.05, 3.63) is 40.9 Å². The van der Waals surface area contributed by atoms with Gasteiger partial charge < -0.3 is 15.0 Å². The van der Waals surface area contributed by atoms with Crippen molar-refractivity contribution in [2.45, 2.75) is 0 Å². The molecule has 0 saturated carbocycles. The fourth-order valence-electron chi connectivity index (χ4n) is 2.12. The van der Waals surface area contributed by atoms with Crippen molar-refractivity contribution in [3.63, 3.8) is 0 Å². The molecule has 0 fully saturated rings. The topological polar surface area (TPSA) is 61.3 Å². The number of fused-ring (bicyclic) bond motifs is 1. The zero-order chi connectivity index (χ0) is 13.4. The van der Waals surface area contributed by atoms with E-state index >= 15 is 0 Å². The van der Waals surface area contributed by atoms with Crippen molar-refractivity contribution in [1.82, 2.24) is 5.16 Å². The monoisotopic (exact) mass is 318 g/mol. The van der Waals surface area contributed by atoms with Gasteiger partial charge in [0.2, 0.25) is 5.88 Å². The molecule has 1 aromatic heterocycles. The number of methoxy groups -OCH3 is 1. The van der Waals surface area contributed by atoms with Crippen LogP contribution in [0.4, 0.5) is 5.88 Å². The van der Waals surface area contributed by atoms with Crippen molar-refractivity contribution in [1.29, 1.82) is 0 Å². The first kappa shape index (κ1) is 12.0. The second-order valence-electron chi connectivity index (χ2n) is 4.12. The van der Waals surface area contributed by atoms with E-state index in [1.165, 1.54) is 0 Å². The number of halogens is 1. The van der Waals surface area contributed by atoms with Gasteiger partial charge in [-0.2, -0.15) is 0 Å². The highest BCUT2D eigenvalue weighted by Crippen LogP contribution is 2.37. The Balaban J connectivity index is 2.36. The summed E-state index contributed by atoms with van der Waals surface area (Å²) in [5, 5.41) is 6.10. The van der Waals surface area contributed by atoms with Gasteiger partial charge in [-0.3, -0.25) is 0 Å². The summed E-state index contributed by atoms with van der Waals surface area (Å²) in [6.07, 6.45) is 0. The zero-order valence-corrected chi connectivity index (χ0v) is 11.8. The number of aromatic nitrogens is 1. The number of nitrogens with zero attached hydrogens (tertiary/aromatic N) is 1. The van der Waals surface area contributed by atoms with Crippen LogP contribution in [0.1, 0.15) is 0 Å². The largest absolute Gasteiger partial charge is 0.496 e. The Morgan fingerprint density at radius 1 is 1.21 bits per heavy atom. The molecule has 0 radical (unpaired) electrons. The van der Waals surface area contributed by atoms with Gasteiger partial charge in [-0.1, -0.05) is 33.2 Å². The first-order chi connectivity index (χ1) is 9.19. The Labute approximate surface area is 118 Å². The Morgan fingerprint density at radius 3 is 2.74 bits per heavy atom. The van der Waals surface area contributed by atoms with Gasteiger partial charge in [-0.05, 0) is 29.0 Å². The van der Waals surface area contributed by atoms with E-state index in [0.29, 0.717) is 5.69 Å². The van der Waals surface area contributed by atoms with E-state index in [1.54, 1.807) is 13.2 Å². The zero-order valence-electron chi connectivity index (χ0n) is 10.2. The van der Waals surface area contributed by atoms with Crippen molar-refractivity contribution in [2.24, 2.45) is 0 Å². The summed E-state index contributed by atoms with van der Waals surface area (Å²) in [4.78, 5) is 0. The normalized spacial score (nSPS) is 10.8. The summed E-state index contributed by atoms with van der Waals surface area (Å²) in [6, 6.07) is 11.7. The van der Waals surface area contributed by atoms with Gasteiger partial charge in [0.1, 0.15) is 11.4 Å². The number of ether oxygens (including phenoxy) is 1. The molecule has 4 nitrogen and oxygen atoms in total. The highest BCUT2D eigenvalue weighted by Gasteiger charge is 2.14. The van der Waals surface area contributed by atoms with E-state index in [2.05, 4.69) is 21.1 Å². The molecule has 0 atom stereocenters. The summed E-state index contributed by atoms with van der Waals surface area (Å²) in [5.41, 5.74) is 7.15. The van der Waals surface area contributed by atoms with Crippen LogP contribution in [0.2, 0.25) is 0 Å². The molecule has 2 aromatic carbocycles.